The van der Waals surface area contributed by atoms with Gasteiger partial charge in [-0.05, 0) is 24.3 Å². The highest BCUT2D eigenvalue weighted by molar-refractivity contribution is 7.91. The van der Waals surface area contributed by atoms with Crippen LogP contribution < -0.4 is 4.74 Å². The lowest BCUT2D eigenvalue weighted by Gasteiger charge is -2.20. The van der Waals surface area contributed by atoms with Crippen molar-refractivity contribution in [3.05, 3.63) is 42.2 Å². The van der Waals surface area contributed by atoms with Crippen molar-refractivity contribution in [1.82, 2.24) is 0 Å². The highest BCUT2D eigenvalue weighted by Gasteiger charge is 2.31. The number of fused-ring (bicyclic) bond motifs is 2. The summed E-state index contributed by atoms with van der Waals surface area (Å²) in [4.78, 5) is -0.124. The monoisotopic (exact) mass is 266 g/mol. The number of hydrogen-bond acceptors (Lipinski definition) is 4. The fourth-order valence-electron chi connectivity index (χ4n) is 1.82. The maximum atomic E-state index is 13.1. The summed E-state index contributed by atoms with van der Waals surface area (Å²) in [7, 11) is -3.74. The van der Waals surface area contributed by atoms with Crippen LogP contribution in [0.5, 0.6) is 17.2 Å². The predicted molar refractivity (Wildman–Crippen MR) is 60.0 cm³/mol. The molecule has 1 aliphatic rings. The van der Waals surface area contributed by atoms with Crippen LogP contribution in [0.4, 0.5) is 4.39 Å². The molecule has 4 nitrogen and oxygen atoms in total. The number of rotatable bonds is 0. The van der Waals surface area contributed by atoms with Crippen molar-refractivity contribution in [2.45, 2.75) is 9.79 Å². The Morgan fingerprint density at radius 1 is 1.00 bits per heavy atom. The third-order valence-corrected chi connectivity index (χ3v) is 4.46. The molecule has 0 bridgehead atoms. The van der Waals surface area contributed by atoms with E-state index in [1.807, 2.05) is 0 Å². The van der Waals surface area contributed by atoms with Gasteiger partial charge in [-0.25, -0.2) is 12.8 Å². The SMILES string of the molecule is O=S1(=O)c2ccc(O)cc2Oc2cc(F)ccc21. The van der Waals surface area contributed by atoms with E-state index in [0.717, 1.165) is 18.2 Å². The zero-order valence-electron chi connectivity index (χ0n) is 8.92. The van der Waals surface area contributed by atoms with Crippen LogP contribution in [-0.2, 0) is 9.84 Å². The number of sulfone groups is 1. The maximum Gasteiger partial charge on any atom is 0.213 e. The average molecular weight is 266 g/mol. The molecular weight excluding hydrogens is 259 g/mol. The number of ether oxygens (including phenoxy) is 1. The molecule has 0 saturated carbocycles. The molecule has 0 radical (unpaired) electrons. The van der Waals surface area contributed by atoms with Crippen LogP contribution in [0.2, 0.25) is 0 Å². The van der Waals surface area contributed by atoms with Crippen molar-refractivity contribution < 1.29 is 22.7 Å². The van der Waals surface area contributed by atoms with E-state index >= 15 is 0 Å². The highest BCUT2D eigenvalue weighted by atomic mass is 32.2. The van der Waals surface area contributed by atoms with E-state index in [9.17, 15) is 17.9 Å². The number of phenolic OH excluding ortho intramolecular Hbond substituents is 1. The topological polar surface area (TPSA) is 63.6 Å². The predicted octanol–water partition coefficient (Wildman–Crippen LogP) is 2.47. The Morgan fingerprint density at radius 3 is 2.33 bits per heavy atom. The lowest BCUT2D eigenvalue weighted by Crippen LogP contribution is -2.11. The lowest BCUT2D eigenvalue weighted by molar-refractivity contribution is 0.427. The molecule has 1 heterocycles. The minimum atomic E-state index is -3.74. The van der Waals surface area contributed by atoms with Gasteiger partial charge in [0.15, 0.2) is 0 Å². The maximum absolute atomic E-state index is 13.1. The molecule has 0 aliphatic carbocycles. The molecule has 0 unspecified atom stereocenters. The summed E-state index contributed by atoms with van der Waals surface area (Å²) in [5.74, 6) is -0.794. The van der Waals surface area contributed by atoms with Crippen LogP contribution in [0.15, 0.2) is 46.2 Å². The molecule has 0 spiro atoms. The van der Waals surface area contributed by atoms with Gasteiger partial charge < -0.3 is 9.84 Å². The van der Waals surface area contributed by atoms with Gasteiger partial charge in [-0.1, -0.05) is 0 Å². The summed E-state index contributed by atoms with van der Waals surface area (Å²) in [6.07, 6.45) is 0. The van der Waals surface area contributed by atoms with Gasteiger partial charge in [0.2, 0.25) is 9.84 Å². The first-order valence-corrected chi connectivity index (χ1v) is 6.52. The Kier molecular flexibility index (Phi) is 2.12. The summed E-state index contributed by atoms with van der Waals surface area (Å²) in [6.45, 7) is 0. The quantitative estimate of drug-likeness (QED) is 0.635. The third kappa shape index (κ3) is 1.46. The summed E-state index contributed by atoms with van der Waals surface area (Å²) in [5, 5.41) is 9.31. The van der Waals surface area contributed by atoms with Crippen molar-refractivity contribution in [3.8, 4) is 17.2 Å². The molecule has 2 aromatic carbocycles. The molecular formula is C12H7FO4S. The van der Waals surface area contributed by atoms with Crippen LogP contribution in [0, 0.1) is 5.82 Å². The van der Waals surface area contributed by atoms with E-state index in [-0.39, 0.29) is 27.0 Å². The van der Waals surface area contributed by atoms with Crippen LogP contribution in [0.25, 0.3) is 0 Å². The summed E-state index contributed by atoms with van der Waals surface area (Å²) >= 11 is 0. The standard InChI is InChI=1S/C12H7FO4S/c13-7-1-3-11-9(5-7)17-10-6-8(14)2-4-12(10)18(11,15)16/h1-6,14H. The van der Waals surface area contributed by atoms with Crippen LogP contribution in [0.1, 0.15) is 0 Å². The first-order valence-electron chi connectivity index (χ1n) is 5.04. The van der Waals surface area contributed by atoms with E-state index in [1.165, 1.54) is 18.2 Å². The Hall–Kier alpha value is -2.08. The van der Waals surface area contributed by atoms with Crippen molar-refractivity contribution in [3.63, 3.8) is 0 Å². The van der Waals surface area contributed by atoms with E-state index < -0.39 is 15.7 Å². The smallest absolute Gasteiger partial charge is 0.213 e. The summed E-state index contributed by atoms with van der Waals surface area (Å²) < 4.78 is 42.8. The van der Waals surface area contributed by atoms with Crippen molar-refractivity contribution >= 4 is 9.84 Å². The number of benzene rings is 2. The minimum Gasteiger partial charge on any atom is -0.508 e. The van der Waals surface area contributed by atoms with Crippen LogP contribution >= 0.6 is 0 Å². The highest BCUT2D eigenvalue weighted by Crippen LogP contribution is 2.43. The van der Waals surface area contributed by atoms with Gasteiger partial charge in [0.05, 0.1) is 0 Å². The van der Waals surface area contributed by atoms with Gasteiger partial charge in [0.25, 0.3) is 0 Å². The Morgan fingerprint density at radius 2 is 1.61 bits per heavy atom. The molecule has 0 aromatic heterocycles. The van der Waals surface area contributed by atoms with E-state index in [1.54, 1.807) is 0 Å². The number of hydrogen-bond donors (Lipinski definition) is 1. The Labute approximate surface area is 102 Å². The average Bonchev–Trinajstić information content (AvgIpc) is 2.27. The van der Waals surface area contributed by atoms with Crippen molar-refractivity contribution in [2.24, 2.45) is 0 Å². The van der Waals surface area contributed by atoms with E-state index in [2.05, 4.69) is 0 Å². The zero-order valence-corrected chi connectivity index (χ0v) is 9.74. The lowest BCUT2D eigenvalue weighted by atomic mass is 10.3. The van der Waals surface area contributed by atoms with Gasteiger partial charge in [-0.15, -0.1) is 0 Å². The molecule has 18 heavy (non-hydrogen) atoms. The largest absolute Gasteiger partial charge is 0.508 e. The molecule has 6 heteroatoms. The second kappa shape index (κ2) is 3.46. The van der Waals surface area contributed by atoms with E-state index in [0.29, 0.717) is 0 Å². The zero-order chi connectivity index (χ0) is 12.9. The molecule has 0 saturated heterocycles. The molecule has 1 N–H and O–H groups in total. The first kappa shape index (κ1) is 11.0. The molecule has 1 aliphatic heterocycles. The second-order valence-electron chi connectivity index (χ2n) is 3.83. The van der Waals surface area contributed by atoms with Gasteiger partial charge in [0.1, 0.15) is 32.9 Å². The molecule has 0 atom stereocenters. The van der Waals surface area contributed by atoms with Gasteiger partial charge in [0, 0.05) is 12.1 Å². The fraction of sp³-hybridized carbons (Fsp3) is 0. The summed E-state index contributed by atoms with van der Waals surface area (Å²) in [6, 6.07) is 6.92. The normalized spacial score (nSPS) is 15.4. The van der Waals surface area contributed by atoms with Crippen molar-refractivity contribution in [1.29, 1.82) is 0 Å². The van der Waals surface area contributed by atoms with Gasteiger partial charge in [-0.2, -0.15) is 0 Å². The van der Waals surface area contributed by atoms with Crippen LogP contribution in [-0.4, -0.2) is 13.5 Å². The van der Waals surface area contributed by atoms with Gasteiger partial charge in [-0.3, -0.25) is 0 Å². The molecule has 0 amide bonds. The number of aromatic hydroxyl groups is 1. The molecule has 2 aromatic rings. The Bertz CT molecular complexity index is 695. The van der Waals surface area contributed by atoms with Crippen molar-refractivity contribution in [2.75, 3.05) is 0 Å². The minimum absolute atomic E-state index is 0.00639. The Balaban J connectivity index is 2.33. The summed E-state index contributed by atoms with van der Waals surface area (Å²) in [5.41, 5.74) is 0. The molecule has 3 rings (SSSR count). The molecule has 92 valence electrons. The third-order valence-electron chi connectivity index (χ3n) is 2.63. The van der Waals surface area contributed by atoms with Crippen LogP contribution in [0.3, 0.4) is 0 Å². The molecule has 0 fully saturated rings. The second-order valence-corrected chi connectivity index (χ2v) is 5.71. The fourth-order valence-corrected chi connectivity index (χ4v) is 3.28. The number of phenols is 1. The van der Waals surface area contributed by atoms with E-state index in [4.69, 9.17) is 4.74 Å². The van der Waals surface area contributed by atoms with Gasteiger partial charge >= 0.3 is 0 Å². The first-order chi connectivity index (χ1) is 8.48. The number of halogens is 1.